The van der Waals surface area contributed by atoms with Gasteiger partial charge in [0, 0.05) is 0 Å². The van der Waals surface area contributed by atoms with Crippen LogP contribution in [0.2, 0.25) is 5.32 Å². The van der Waals surface area contributed by atoms with E-state index >= 15 is 0 Å². The first-order valence-electron chi connectivity index (χ1n) is 5.72. The second kappa shape index (κ2) is 10.3. The molecule has 0 fully saturated rings. The summed E-state index contributed by atoms with van der Waals surface area (Å²) in [5, 5.41) is -0.684. The fourth-order valence-corrected chi connectivity index (χ4v) is 8.54. The van der Waals surface area contributed by atoms with E-state index in [1.807, 2.05) is 0 Å². The molecule has 2 nitrogen and oxygen atoms in total. The molecule has 0 aliphatic rings. The Morgan fingerprint density at radius 2 is 1.53 bits per heavy atom. The third kappa shape index (κ3) is 8.85. The zero-order chi connectivity index (χ0) is 11.6. The van der Waals surface area contributed by atoms with Gasteiger partial charge in [-0.2, -0.15) is 0 Å². The van der Waals surface area contributed by atoms with E-state index in [-0.39, 0.29) is 0 Å². The molecule has 0 aromatic carbocycles. The van der Waals surface area contributed by atoms with Crippen molar-refractivity contribution < 1.29 is 9.05 Å². The van der Waals surface area contributed by atoms with Crippen LogP contribution >= 0.6 is 5.18 Å². The molecule has 0 bridgehead atoms. The summed E-state index contributed by atoms with van der Waals surface area (Å²) in [5.74, 6) is 0. The third-order valence-electron chi connectivity index (χ3n) is 1.65. The summed E-state index contributed by atoms with van der Waals surface area (Å²) in [7, 11) is 0. The first kappa shape index (κ1) is 16.1. The minimum atomic E-state index is -1.89. The molecule has 0 aliphatic heterocycles. The van der Waals surface area contributed by atoms with Crippen LogP contribution < -0.4 is 0 Å². The number of hydrogen-bond acceptors (Lipinski definition) is 3. The van der Waals surface area contributed by atoms with Gasteiger partial charge < -0.3 is 0 Å². The maximum absolute atomic E-state index is 5.76. The van der Waals surface area contributed by atoms with Crippen molar-refractivity contribution in [2.24, 2.45) is 0 Å². The molecular formula is C10H23O2PSSe. The van der Waals surface area contributed by atoms with Crippen molar-refractivity contribution in [3.63, 3.8) is 0 Å². The Bertz CT molecular complexity index is 178. The molecule has 0 unspecified atom stereocenters. The second-order valence-corrected chi connectivity index (χ2v) is 13.5. The van der Waals surface area contributed by atoms with Crippen LogP contribution in [0.4, 0.5) is 0 Å². The molecule has 92 valence electrons. The SMILES string of the molecule is CCCC[Se]P(=S)(OCCC)OCCC. The molecular weight excluding hydrogens is 294 g/mol. The predicted octanol–water partition coefficient (Wildman–Crippen LogP) is 3.99. The van der Waals surface area contributed by atoms with E-state index in [2.05, 4.69) is 20.8 Å². The van der Waals surface area contributed by atoms with Crippen molar-refractivity contribution in [1.29, 1.82) is 0 Å². The Morgan fingerprint density at radius 3 is 1.93 bits per heavy atom. The molecule has 0 spiro atoms. The van der Waals surface area contributed by atoms with Gasteiger partial charge in [0.1, 0.15) is 0 Å². The topological polar surface area (TPSA) is 18.5 Å². The standard InChI is InChI=1S/C10H23O2PSSe/c1-4-7-10-15-13(14,11-8-5-2)12-9-6-3/h4-10H2,1-3H3. The van der Waals surface area contributed by atoms with E-state index in [0.717, 1.165) is 26.1 Å². The maximum atomic E-state index is 5.76. The van der Waals surface area contributed by atoms with E-state index in [0.29, 0.717) is 14.5 Å². The van der Waals surface area contributed by atoms with Gasteiger partial charge in [-0.3, -0.25) is 0 Å². The fraction of sp³-hybridized carbons (Fsp3) is 1.00. The van der Waals surface area contributed by atoms with E-state index in [9.17, 15) is 0 Å². The van der Waals surface area contributed by atoms with E-state index < -0.39 is 5.18 Å². The molecule has 0 aromatic heterocycles. The molecule has 0 radical (unpaired) electrons. The summed E-state index contributed by atoms with van der Waals surface area (Å²) in [4.78, 5) is 0. The Morgan fingerprint density at radius 1 is 1.00 bits per heavy atom. The number of unbranched alkanes of at least 4 members (excludes halogenated alkanes) is 1. The third-order valence-corrected chi connectivity index (χ3v) is 10.5. The van der Waals surface area contributed by atoms with Crippen molar-refractivity contribution in [2.75, 3.05) is 13.2 Å². The summed E-state index contributed by atoms with van der Waals surface area (Å²) in [6.45, 7) is 7.94. The van der Waals surface area contributed by atoms with Crippen LogP contribution in [0, 0.1) is 0 Å². The average Bonchev–Trinajstić information content (AvgIpc) is 2.24. The quantitative estimate of drug-likeness (QED) is 0.345. The van der Waals surface area contributed by atoms with E-state index in [4.69, 9.17) is 20.9 Å². The van der Waals surface area contributed by atoms with E-state index in [1.165, 1.54) is 18.2 Å². The van der Waals surface area contributed by atoms with Gasteiger partial charge in [0.05, 0.1) is 0 Å². The van der Waals surface area contributed by atoms with Crippen molar-refractivity contribution in [3.8, 4) is 0 Å². The zero-order valence-corrected chi connectivity index (χ0v) is 13.5. The predicted molar refractivity (Wildman–Crippen MR) is 72.2 cm³/mol. The average molecular weight is 317 g/mol. The first-order valence-corrected chi connectivity index (χ1v) is 11.8. The molecule has 0 saturated heterocycles. The second-order valence-electron chi connectivity index (χ2n) is 3.30. The van der Waals surface area contributed by atoms with Gasteiger partial charge in [0.15, 0.2) is 0 Å². The molecule has 0 rings (SSSR count). The molecule has 0 amide bonds. The Balaban J connectivity index is 3.96. The van der Waals surface area contributed by atoms with Gasteiger partial charge in [-0.05, 0) is 0 Å². The molecule has 0 N–H and O–H groups in total. The summed E-state index contributed by atoms with van der Waals surface area (Å²) >= 11 is 5.90. The van der Waals surface area contributed by atoms with E-state index in [1.54, 1.807) is 0 Å². The van der Waals surface area contributed by atoms with Crippen LogP contribution in [-0.4, -0.2) is 27.7 Å². The normalized spacial score (nSPS) is 11.9. The van der Waals surface area contributed by atoms with Crippen LogP contribution in [0.5, 0.6) is 0 Å². The Kier molecular flexibility index (Phi) is 11.0. The molecule has 0 saturated carbocycles. The van der Waals surface area contributed by atoms with Crippen LogP contribution in [-0.2, 0) is 20.9 Å². The van der Waals surface area contributed by atoms with Gasteiger partial charge >= 0.3 is 106 Å². The van der Waals surface area contributed by atoms with Crippen molar-refractivity contribution in [1.82, 2.24) is 0 Å². The summed E-state index contributed by atoms with van der Waals surface area (Å²) in [6, 6.07) is 0. The van der Waals surface area contributed by atoms with Crippen molar-refractivity contribution in [2.45, 2.75) is 51.8 Å². The first-order chi connectivity index (χ1) is 7.18. The monoisotopic (exact) mass is 318 g/mol. The molecule has 5 heteroatoms. The van der Waals surface area contributed by atoms with Crippen LogP contribution in [0.1, 0.15) is 46.5 Å². The molecule has 0 atom stereocenters. The van der Waals surface area contributed by atoms with Crippen LogP contribution in [0.3, 0.4) is 0 Å². The van der Waals surface area contributed by atoms with Gasteiger partial charge in [0.2, 0.25) is 0 Å². The summed E-state index contributed by atoms with van der Waals surface area (Å²) < 4.78 is 11.5. The molecule has 0 aliphatic carbocycles. The fourth-order valence-electron chi connectivity index (χ4n) is 0.839. The Labute approximate surface area is 105 Å². The molecule has 0 aromatic rings. The van der Waals surface area contributed by atoms with Crippen LogP contribution in [0.15, 0.2) is 0 Å². The molecule has 0 heterocycles. The van der Waals surface area contributed by atoms with Crippen LogP contribution in [0.25, 0.3) is 0 Å². The summed E-state index contributed by atoms with van der Waals surface area (Å²) in [6.07, 6.45) is 4.54. The van der Waals surface area contributed by atoms with Gasteiger partial charge in [0.25, 0.3) is 0 Å². The van der Waals surface area contributed by atoms with Gasteiger partial charge in [-0.15, -0.1) is 0 Å². The van der Waals surface area contributed by atoms with Gasteiger partial charge in [-0.25, -0.2) is 0 Å². The van der Waals surface area contributed by atoms with Crippen molar-refractivity contribution >= 4 is 31.5 Å². The van der Waals surface area contributed by atoms with Gasteiger partial charge in [-0.1, -0.05) is 0 Å². The van der Waals surface area contributed by atoms with Crippen molar-refractivity contribution in [3.05, 3.63) is 0 Å². The zero-order valence-electron chi connectivity index (χ0n) is 10.0. The Hall–Kier alpha value is 1.09. The summed E-state index contributed by atoms with van der Waals surface area (Å²) in [5.41, 5.74) is 0. The number of rotatable bonds is 10. The molecule has 15 heavy (non-hydrogen) atoms. The minimum absolute atomic E-state index is 0.364. The number of hydrogen-bond donors (Lipinski definition) is 0.